The number of hydrogen-bond donors (Lipinski definition) is 1. The van der Waals surface area contributed by atoms with Crippen molar-refractivity contribution in [1.82, 2.24) is 18.8 Å². The molecule has 36 heavy (non-hydrogen) atoms. The van der Waals surface area contributed by atoms with Gasteiger partial charge in [0.2, 0.25) is 11.0 Å². The highest BCUT2D eigenvalue weighted by atomic mass is 32.2. The van der Waals surface area contributed by atoms with E-state index in [1.165, 1.54) is 12.1 Å². The number of benzene rings is 2. The Morgan fingerprint density at radius 2 is 1.83 bits per heavy atom. The highest BCUT2D eigenvalue weighted by molar-refractivity contribution is 7.93. The van der Waals surface area contributed by atoms with Gasteiger partial charge < -0.3 is 14.4 Å². The Hall–Kier alpha value is -3.51. The normalized spacial score (nSPS) is 15.3. The Labute approximate surface area is 213 Å². The number of nitrogens with one attached hydrogen (secondary N) is 1. The highest BCUT2D eigenvalue weighted by Crippen LogP contribution is 2.25. The molecule has 2 aromatic heterocycles. The lowest BCUT2D eigenvalue weighted by Crippen LogP contribution is -2.50. The van der Waals surface area contributed by atoms with Crippen molar-refractivity contribution in [3.05, 3.63) is 66.4 Å². The van der Waals surface area contributed by atoms with Crippen LogP contribution in [0.2, 0.25) is 0 Å². The first kappa shape index (κ1) is 24.2. The summed E-state index contributed by atoms with van der Waals surface area (Å²) in [6.07, 6.45) is 1.82. The van der Waals surface area contributed by atoms with E-state index in [2.05, 4.69) is 19.0 Å². The standard InChI is InChI=1S/C24H25FN6O3S2.H2/c1-16(31-10-9-18-3-4-19(25)15-22(18)31)23(32)30-13-11-29(12-14-30)20-5-7-21(8-6-20)36(33,34)28-24-26-17(2)27-35-24;/h3-10,15-16H,11-14H2,1-2H3,(H,26,27,28);1H. The minimum Gasteiger partial charge on any atom is -0.368 e. The van der Waals surface area contributed by atoms with Crippen molar-refractivity contribution in [3.63, 3.8) is 0 Å². The van der Waals surface area contributed by atoms with Crippen LogP contribution in [0.4, 0.5) is 15.2 Å². The van der Waals surface area contributed by atoms with Crippen LogP contribution >= 0.6 is 11.5 Å². The van der Waals surface area contributed by atoms with E-state index in [9.17, 15) is 17.6 Å². The van der Waals surface area contributed by atoms with Crippen molar-refractivity contribution in [2.45, 2.75) is 24.8 Å². The lowest BCUT2D eigenvalue weighted by molar-refractivity contribution is -0.134. The third kappa shape index (κ3) is 4.78. The number of amides is 1. The molecule has 4 aromatic rings. The second-order valence-electron chi connectivity index (χ2n) is 8.66. The molecule has 190 valence electrons. The number of carbonyl (C=O) groups excluding carboxylic acids is 1. The van der Waals surface area contributed by atoms with Crippen LogP contribution in [0.1, 0.15) is 20.2 Å². The zero-order valence-corrected chi connectivity index (χ0v) is 21.4. The van der Waals surface area contributed by atoms with Gasteiger partial charge in [0.15, 0.2) is 0 Å². The van der Waals surface area contributed by atoms with Crippen LogP contribution in [0, 0.1) is 12.7 Å². The molecule has 1 atom stereocenters. The summed E-state index contributed by atoms with van der Waals surface area (Å²) in [7, 11) is -3.76. The van der Waals surface area contributed by atoms with Crippen LogP contribution in [0.25, 0.3) is 10.9 Å². The molecular weight excluding hydrogens is 503 g/mol. The van der Waals surface area contributed by atoms with Gasteiger partial charge in [0.05, 0.1) is 10.4 Å². The third-order valence-electron chi connectivity index (χ3n) is 6.31. The van der Waals surface area contributed by atoms with E-state index in [0.29, 0.717) is 37.5 Å². The topological polar surface area (TPSA) is 100 Å². The number of carbonyl (C=O) groups is 1. The number of piperazine rings is 1. The van der Waals surface area contributed by atoms with E-state index in [4.69, 9.17) is 0 Å². The predicted octanol–water partition coefficient (Wildman–Crippen LogP) is 3.90. The van der Waals surface area contributed by atoms with Gasteiger partial charge in [0.25, 0.3) is 10.0 Å². The smallest absolute Gasteiger partial charge is 0.263 e. The van der Waals surface area contributed by atoms with Crippen molar-refractivity contribution in [1.29, 1.82) is 0 Å². The van der Waals surface area contributed by atoms with Gasteiger partial charge in [-0.15, -0.1) is 0 Å². The molecule has 1 saturated heterocycles. The summed E-state index contributed by atoms with van der Waals surface area (Å²) in [5.74, 6) is 0.159. The number of aryl methyl sites for hydroxylation is 1. The molecule has 1 fully saturated rings. The number of fused-ring (bicyclic) bond motifs is 1. The number of hydrogen-bond acceptors (Lipinski definition) is 7. The molecule has 3 heterocycles. The number of anilines is 2. The molecule has 0 radical (unpaired) electrons. The Morgan fingerprint density at radius 3 is 2.50 bits per heavy atom. The molecule has 5 rings (SSSR count). The van der Waals surface area contributed by atoms with Crippen LogP contribution in [-0.2, 0) is 14.8 Å². The molecule has 0 bridgehead atoms. The van der Waals surface area contributed by atoms with Gasteiger partial charge in [-0.25, -0.2) is 17.8 Å². The molecule has 2 aromatic carbocycles. The maximum absolute atomic E-state index is 13.8. The second-order valence-corrected chi connectivity index (χ2v) is 11.1. The van der Waals surface area contributed by atoms with Crippen molar-refractivity contribution in [2.75, 3.05) is 35.8 Å². The quantitative estimate of drug-likeness (QED) is 0.406. The van der Waals surface area contributed by atoms with Gasteiger partial charge in [0, 0.05) is 51.0 Å². The summed E-state index contributed by atoms with van der Waals surface area (Å²) in [5.41, 5.74) is 1.58. The maximum atomic E-state index is 13.8. The Kier molecular flexibility index (Phi) is 6.39. The molecule has 1 aliphatic rings. The van der Waals surface area contributed by atoms with Crippen LogP contribution in [0.15, 0.2) is 59.6 Å². The van der Waals surface area contributed by atoms with E-state index < -0.39 is 16.1 Å². The Bertz CT molecular complexity index is 1520. The second kappa shape index (κ2) is 9.51. The number of halogens is 1. The van der Waals surface area contributed by atoms with E-state index >= 15 is 0 Å². The monoisotopic (exact) mass is 530 g/mol. The van der Waals surface area contributed by atoms with Gasteiger partial charge in [-0.1, -0.05) is 0 Å². The predicted molar refractivity (Wildman–Crippen MR) is 139 cm³/mol. The van der Waals surface area contributed by atoms with E-state index in [1.54, 1.807) is 37.3 Å². The van der Waals surface area contributed by atoms with E-state index in [0.717, 1.165) is 22.6 Å². The molecule has 0 spiro atoms. The fraction of sp³-hybridized carbons (Fsp3) is 0.292. The Balaban J connectivity index is 0.00000320. The summed E-state index contributed by atoms with van der Waals surface area (Å²) < 4.78 is 47.2. The van der Waals surface area contributed by atoms with Gasteiger partial charge in [-0.05, 0) is 67.8 Å². The fourth-order valence-corrected chi connectivity index (χ4v) is 6.18. The lowest BCUT2D eigenvalue weighted by atomic mass is 10.2. The molecule has 1 N–H and O–H groups in total. The molecule has 0 saturated carbocycles. The first-order valence-corrected chi connectivity index (χ1v) is 13.7. The van der Waals surface area contributed by atoms with Gasteiger partial charge in [-0.3, -0.25) is 9.52 Å². The number of nitrogens with zero attached hydrogens (tertiary/aromatic N) is 5. The van der Waals surface area contributed by atoms with Crippen LogP contribution in [0.3, 0.4) is 0 Å². The summed E-state index contributed by atoms with van der Waals surface area (Å²) in [6, 6.07) is 12.6. The molecule has 1 unspecified atom stereocenters. The zero-order valence-electron chi connectivity index (χ0n) is 19.8. The highest BCUT2D eigenvalue weighted by Gasteiger charge is 2.27. The first-order valence-electron chi connectivity index (χ1n) is 11.4. The number of rotatable bonds is 6. The van der Waals surface area contributed by atoms with Crippen molar-refractivity contribution >= 4 is 49.2 Å². The van der Waals surface area contributed by atoms with Crippen molar-refractivity contribution in [3.8, 4) is 0 Å². The summed E-state index contributed by atoms with van der Waals surface area (Å²) in [6.45, 7) is 5.83. The van der Waals surface area contributed by atoms with Gasteiger partial charge >= 0.3 is 0 Å². The van der Waals surface area contributed by atoms with Crippen molar-refractivity contribution in [2.24, 2.45) is 0 Å². The Morgan fingerprint density at radius 1 is 1.11 bits per heavy atom. The van der Waals surface area contributed by atoms with E-state index in [1.807, 2.05) is 28.7 Å². The SMILES string of the molecule is Cc1nsc(NS(=O)(=O)c2ccc(N3CCN(C(=O)C(C)n4ccc5ccc(F)cc54)CC3)cc2)n1.[HH]. The molecular formula is C24H27FN6O3S2. The first-order chi connectivity index (χ1) is 17.2. The van der Waals surface area contributed by atoms with Crippen LogP contribution in [0.5, 0.6) is 0 Å². The number of aromatic nitrogens is 3. The summed E-state index contributed by atoms with van der Waals surface area (Å²) >= 11 is 0.991. The van der Waals surface area contributed by atoms with E-state index in [-0.39, 0.29) is 23.2 Å². The fourth-order valence-electron chi connectivity index (χ4n) is 4.38. The molecule has 9 nitrogen and oxygen atoms in total. The summed E-state index contributed by atoms with van der Waals surface area (Å²) in [5, 5.41) is 1.12. The minimum absolute atomic E-state index is 0. The van der Waals surface area contributed by atoms with Gasteiger partial charge in [0.1, 0.15) is 17.7 Å². The lowest BCUT2D eigenvalue weighted by Gasteiger charge is -2.37. The molecule has 1 aliphatic heterocycles. The van der Waals surface area contributed by atoms with Crippen LogP contribution in [-0.4, -0.2) is 59.3 Å². The third-order valence-corrected chi connectivity index (χ3v) is 8.52. The molecule has 1 amide bonds. The summed E-state index contributed by atoms with van der Waals surface area (Å²) in [4.78, 5) is 21.3. The van der Waals surface area contributed by atoms with Crippen molar-refractivity contribution < 1.29 is 19.0 Å². The average Bonchev–Trinajstić information content (AvgIpc) is 3.48. The average molecular weight is 531 g/mol. The molecule has 0 aliphatic carbocycles. The van der Waals surface area contributed by atoms with Crippen LogP contribution < -0.4 is 9.62 Å². The molecule has 12 heteroatoms. The number of sulfonamides is 1. The van der Waals surface area contributed by atoms with Gasteiger partial charge in [-0.2, -0.15) is 4.37 Å². The minimum atomic E-state index is -3.76. The maximum Gasteiger partial charge on any atom is 0.263 e. The largest absolute Gasteiger partial charge is 0.368 e. The zero-order chi connectivity index (χ0) is 25.4.